The SMILES string of the molecule is O.O.O.[CH3-].[CH3-].[CH3-].[CH3-].[CH3-].[CH3-].[TiH+3].[TiH+3]. The van der Waals surface area contributed by atoms with Gasteiger partial charge in [0.2, 0.25) is 0 Å². The van der Waals surface area contributed by atoms with E-state index < -0.39 is 0 Å². The number of rotatable bonds is 0. The summed E-state index contributed by atoms with van der Waals surface area (Å²) in [6.07, 6.45) is 0. The van der Waals surface area contributed by atoms with Gasteiger partial charge in [-0.25, -0.2) is 0 Å². The second-order valence-electron chi connectivity index (χ2n) is 0. The molecule has 0 spiro atoms. The van der Waals surface area contributed by atoms with Crippen LogP contribution in [0.2, 0.25) is 0 Å². The molecular weight excluding hydrogens is 216 g/mol. The monoisotopic (exact) mass is 242 g/mol. The van der Waals surface area contributed by atoms with Gasteiger partial charge in [0.05, 0.1) is 0 Å². The van der Waals surface area contributed by atoms with E-state index in [1.54, 1.807) is 0 Å². The van der Waals surface area contributed by atoms with Gasteiger partial charge in [0.25, 0.3) is 0 Å². The van der Waals surface area contributed by atoms with Crippen molar-refractivity contribution in [2.24, 2.45) is 0 Å². The van der Waals surface area contributed by atoms with Crippen molar-refractivity contribution in [3.8, 4) is 0 Å². The van der Waals surface area contributed by atoms with Crippen LogP contribution < -0.4 is 0 Å². The molecule has 3 nitrogen and oxygen atoms in total. The summed E-state index contributed by atoms with van der Waals surface area (Å²) in [5.41, 5.74) is 0. The fourth-order valence-corrected chi connectivity index (χ4v) is 0. The summed E-state index contributed by atoms with van der Waals surface area (Å²) in [6, 6.07) is 0. The van der Waals surface area contributed by atoms with Crippen LogP contribution in [-0.2, 0) is 43.4 Å². The molecule has 5 heteroatoms. The molecule has 0 rings (SSSR count). The Labute approximate surface area is 104 Å². The van der Waals surface area contributed by atoms with Crippen molar-refractivity contribution in [1.29, 1.82) is 0 Å². The molecule has 0 aliphatic rings. The van der Waals surface area contributed by atoms with Crippen molar-refractivity contribution in [3.05, 3.63) is 44.6 Å². The van der Waals surface area contributed by atoms with Gasteiger partial charge in [0.1, 0.15) is 0 Å². The molecule has 0 aromatic carbocycles. The minimum atomic E-state index is 0. The van der Waals surface area contributed by atoms with Crippen molar-refractivity contribution in [2.75, 3.05) is 0 Å². The van der Waals surface area contributed by atoms with Crippen LogP contribution in [0, 0.1) is 44.6 Å². The van der Waals surface area contributed by atoms with Gasteiger partial charge >= 0.3 is 43.4 Å². The van der Waals surface area contributed by atoms with Crippen LogP contribution in [0.4, 0.5) is 0 Å². The minimum absolute atomic E-state index is 0. The number of hydrogen-bond donors (Lipinski definition) is 0. The third-order valence-electron chi connectivity index (χ3n) is 0. The van der Waals surface area contributed by atoms with Crippen LogP contribution in [0.15, 0.2) is 0 Å². The van der Waals surface area contributed by atoms with Gasteiger partial charge < -0.3 is 61.0 Å². The van der Waals surface area contributed by atoms with E-state index in [2.05, 4.69) is 0 Å². The second-order valence-corrected chi connectivity index (χ2v) is 0. The average Bonchev–Trinajstić information content (AvgIpc) is 0. The molecule has 0 aromatic rings. The first-order valence-corrected chi connectivity index (χ1v) is 0. The summed E-state index contributed by atoms with van der Waals surface area (Å²) in [6.45, 7) is 0. The second kappa shape index (κ2) is 702. The summed E-state index contributed by atoms with van der Waals surface area (Å²) >= 11 is 0. The van der Waals surface area contributed by atoms with Gasteiger partial charge in [-0.2, -0.15) is 0 Å². The van der Waals surface area contributed by atoms with E-state index in [4.69, 9.17) is 0 Å². The molecule has 0 saturated heterocycles. The third kappa shape index (κ3) is 572. The molecule has 11 heavy (non-hydrogen) atoms. The average molecular weight is 242 g/mol. The molecule has 0 saturated carbocycles. The molecule has 2 radical (unpaired) electrons. The van der Waals surface area contributed by atoms with Crippen molar-refractivity contribution in [1.82, 2.24) is 0 Å². The van der Waals surface area contributed by atoms with Crippen LogP contribution in [0.1, 0.15) is 0 Å². The van der Waals surface area contributed by atoms with Gasteiger partial charge in [-0.05, 0) is 0 Å². The maximum atomic E-state index is 0. The molecule has 6 N–H and O–H groups in total. The first kappa shape index (κ1) is 919. The van der Waals surface area contributed by atoms with E-state index in [-0.39, 0.29) is 104 Å². The van der Waals surface area contributed by atoms with E-state index >= 15 is 0 Å². The first-order valence-electron chi connectivity index (χ1n) is 0. The molecule has 0 unspecified atom stereocenters. The van der Waals surface area contributed by atoms with Crippen molar-refractivity contribution in [2.45, 2.75) is 0 Å². The van der Waals surface area contributed by atoms with Crippen LogP contribution >= 0.6 is 0 Å². The molecule has 0 amide bonds. The Balaban J connectivity index is 0. The summed E-state index contributed by atoms with van der Waals surface area (Å²) in [4.78, 5) is 0. The topological polar surface area (TPSA) is 94.5 Å². The Kier molecular flexibility index (Phi) is 58600. The van der Waals surface area contributed by atoms with Crippen molar-refractivity contribution < 1.29 is 59.9 Å². The molecule has 0 heterocycles. The van der Waals surface area contributed by atoms with Gasteiger partial charge in [-0.3, -0.25) is 0 Å². The summed E-state index contributed by atoms with van der Waals surface area (Å²) in [5.74, 6) is 0. The van der Waals surface area contributed by atoms with Gasteiger partial charge in [0.15, 0.2) is 0 Å². The van der Waals surface area contributed by atoms with Gasteiger partial charge in [-0.15, -0.1) is 0 Å². The normalized spacial score (nSPS) is 0. The summed E-state index contributed by atoms with van der Waals surface area (Å²) in [7, 11) is 0. The van der Waals surface area contributed by atoms with Crippen molar-refractivity contribution in [3.63, 3.8) is 0 Å². The fourth-order valence-electron chi connectivity index (χ4n) is 0. The quantitative estimate of drug-likeness (QED) is 0.411. The zero-order valence-corrected chi connectivity index (χ0v) is 12.3. The molecule has 0 aliphatic carbocycles. The number of hydrogen-bond acceptors (Lipinski definition) is 0. The standard InChI is InChI=1S/6CH3.3H2O.2Ti.2H/h6*1H3;3*1H2;;;;/q6*-1;;;;2*+3;;. The third-order valence-corrected chi connectivity index (χ3v) is 0. The molecular formula is C6H26O3Ti2. The molecule has 0 bridgehead atoms. The van der Waals surface area contributed by atoms with E-state index in [1.807, 2.05) is 0 Å². The van der Waals surface area contributed by atoms with E-state index in [1.165, 1.54) is 0 Å². The Bertz CT molecular complexity index is 15.8. The summed E-state index contributed by atoms with van der Waals surface area (Å²) in [5, 5.41) is 0. The zero-order valence-electron chi connectivity index (χ0n) is 8.65. The van der Waals surface area contributed by atoms with Crippen LogP contribution in [-0.4, -0.2) is 16.4 Å². The Hall–Kier alpha value is 1.31. The van der Waals surface area contributed by atoms with Crippen LogP contribution in [0.5, 0.6) is 0 Å². The Morgan fingerprint density at radius 1 is 0.273 bits per heavy atom. The molecule has 0 atom stereocenters. The van der Waals surface area contributed by atoms with Crippen molar-refractivity contribution >= 4 is 0 Å². The molecule has 76 valence electrons. The van der Waals surface area contributed by atoms with E-state index in [0.29, 0.717) is 0 Å². The van der Waals surface area contributed by atoms with Gasteiger partial charge in [-0.1, -0.05) is 0 Å². The molecule has 0 aromatic heterocycles. The van der Waals surface area contributed by atoms with E-state index in [9.17, 15) is 0 Å². The van der Waals surface area contributed by atoms with Crippen LogP contribution in [0.25, 0.3) is 0 Å². The first-order chi connectivity index (χ1) is 0. The van der Waals surface area contributed by atoms with E-state index in [0.717, 1.165) is 0 Å². The predicted molar refractivity (Wildman–Crippen MR) is 52.1 cm³/mol. The predicted octanol–water partition coefficient (Wildman–Crippen LogP) is -0.313. The Morgan fingerprint density at radius 2 is 0.273 bits per heavy atom. The summed E-state index contributed by atoms with van der Waals surface area (Å²) < 4.78 is 0. The molecule has 0 aliphatic heterocycles. The fraction of sp³-hybridized carbons (Fsp3) is 0. The van der Waals surface area contributed by atoms with Gasteiger partial charge in [0, 0.05) is 0 Å². The Morgan fingerprint density at radius 3 is 0.273 bits per heavy atom. The zero-order chi connectivity index (χ0) is 0. The maximum absolute atomic E-state index is 0. The molecule has 0 fully saturated rings. The van der Waals surface area contributed by atoms with Crippen LogP contribution in [0.3, 0.4) is 0 Å².